The molecule has 0 saturated heterocycles. The Morgan fingerprint density at radius 2 is 1.87 bits per heavy atom. The fourth-order valence-electron chi connectivity index (χ4n) is 3.56. The minimum absolute atomic E-state index is 0.118. The van der Waals surface area contributed by atoms with Crippen LogP contribution in [0, 0.1) is 6.92 Å². The van der Waals surface area contributed by atoms with Crippen molar-refractivity contribution in [2.24, 2.45) is 0 Å². The number of aryl methyl sites for hydroxylation is 1. The largest absolute Gasteiger partial charge is 0.468 e. The van der Waals surface area contributed by atoms with E-state index in [1.165, 1.54) is 10.4 Å². The van der Waals surface area contributed by atoms with Crippen molar-refractivity contribution in [3.8, 4) is 0 Å². The SMILES string of the molecule is Cc1ccc([C@@H](c2nnnn2C(C)(C)C)N(Cc2ccco2)Cc2cccs2)cc1. The van der Waals surface area contributed by atoms with E-state index in [1.807, 2.05) is 16.8 Å². The maximum Gasteiger partial charge on any atom is 0.173 e. The minimum atomic E-state index is -0.235. The van der Waals surface area contributed by atoms with Gasteiger partial charge in [-0.05, 0) is 67.3 Å². The quantitative estimate of drug-likeness (QED) is 0.411. The molecule has 30 heavy (non-hydrogen) atoms. The Balaban J connectivity index is 1.82. The summed E-state index contributed by atoms with van der Waals surface area (Å²) in [5, 5.41) is 15.0. The molecule has 0 aliphatic carbocycles. The fraction of sp³-hybridized carbons (Fsp3) is 0.348. The normalized spacial score (nSPS) is 13.1. The molecule has 1 atom stereocenters. The van der Waals surface area contributed by atoms with Crippen molar-refractivity contribution in [3.05, 3.63) is 87.8 Å². The second-order valence-electron chi connectivity index (χ2n) is 8.50. The van der Waals surface area contributed by atoms with Crippen molar-refractivity contribution in [2.75, 3.05) is 0 Å². The highest BCUT2D eigenvalue weighted by molar-refractivity contribution is 7.09. The molecule has 0 aliphatic heterocycles. The zero-order chi connectivity index (χ0) is 21.1. The molecule has 0 spiro atoms. The lowest BCUT2D eigenvalue weighted by atomic mass is 10.0. The second kappa shape index (κ2) is 8.53. The van der Waals surface area contributed by atoms with Crippen molar-refractivity contribution < 1.29 is 4.42 Å². The number of hydrogen-bond acceptors (Lipinski definition) is 6. The molecule has 7 heteroatoms. The number of aromatic nitrogens is 4. The predicted octanol–water partition coefficient (Wildman–Crippen LogP) is 5.18. The molecular weight excluding hydrogens is 394 g/mol. The molecule has 3 aromatic heterocycles. The van der Waals surface area contributed by atoms with Crippen LogP contribution in [0.1, 0.15) is 54.4 Å². The maximum atomic E-state index is 5.71. The van der Waals surface area contributed by atoms with E-state index in [0.717, 1.165) is 23.7 Å². The van der Waals surface area contributed by atoms with Gasteiger partial charge in [0.1, 0.15) is 5.76 Å². The van der Waals surface area contributed by atoms with E-state index in [9.17, 15) is 0 Å². The smallest absolute Gasteiger partial charge is 0.173 e. The van der Waals surface area contributed by atoms with Crippen LogP contribution in [-0.2, 0) is 18.6 Å². The van der Waals surface area contributed by atoms with Crippen LogP contribution < -0.4 is 0 Å². The van der Waals surface area contributed by atoms with Gasteiger partial charge >= 0.3 is 0 Å². The van der Waals surface area contributed by atoms with E-state index in [2.05, 4.69) is 89.9 Å². The predicted molar refractivity (Wildman–Crippen MR) is 118 cm³/mol. The van der Waals surface area contributed by atoms with Crippen LogP contribution in [0.25, 0.3) is 0 Å². The summed E-state index contributed by atoms with van der Waals surface area (Å²) in [5.74, 6) is 1.74. The summed E-state index contributed by atoms with van der Waals surface area (Å²) < 4.78 is 7.64. The summed E-state index contributed by atoms with van der Waals surface area (Å²) >= 11 is 1.76. The molecule has 0 unspecified atom stereocenters. The summed E-state index contributed by atoms with van der Waals surface area (Å²) in [5.41, 5.74) is 2.15. The molecule has 0 aliphatic rings. The first-order valence-corrected chi connectivity index (χ1v) is 10.9. The number of rotatable bonds is 7. The third-order valence-corrected chi connectivity index (χ3v) is 5.87. The lowest BCUT2D eigenvalue weighted by Gasteiger charge is -2.32. The van der Waals surface area contributed by atoms with Crippen LogP contribution in [-0.4, -0.2) is 25.1 Å². The summed E-state index contributed by atoms with van der Waals surface area (Å²) in [7, 11) is 0. The molecule has 1 aromatic carbocycles. The summed E-state index contributed by atoms with van der Waals surface area (Å²) in [4.78, 5) is 3.66. The van der Waals surface area contributed by atoms with Gasteiger partial charge in [-0.25, -0.2) is 4.68 Å². The number of benzene rings is 1. The summed E-state index contributed by atoms with van der Waals surface area (Å²) in [6, 6.07) is 16.7. The first-order chi connectivity index (χ1) is 14.4. The Labute approximate surface area is 181 Å². The average Bonchev–Trinajstić information content (AvgIpc) is 3.45. The van der Waals surface area contributed by atoms with Gasteiger partial charge in [-0.15, -0.1) is 16.4 Å². The van der Waals surface area contributed by atoms with Crippen molar-refractivity contribution >= 4 is 11.3 Å². The number of hydrogen-bond donors (Lipinski definition) is 0. The average molecular weight is 422 g/mol. The Kier molecular flexibility index (Phi) is 5.83. The lowest BCUT2D eigenvalue weighted by Crippen LogP contribution is -2.34. The zero-order valence-electron chi connectivity index (χ0n) is 17.8. The number of furan rings is 1. The van der Waals surface area contributed by atoms with Crippen molar-refractivity contribution in [1.29, 1.82) is 0 Å². The molecule has 0 N–H and O–H groups in total. The molecule has 0 fully saturated rings. The standard InChI is InChI=1S/C23H27N5OS/c1-17-9-11-18(12-10-17)21(22-24-25-26-28(22)23(2,3)4)27(15-19-7-5-13-29-19)16-20-8-6-14-30-20/h5-14,21H,15-16H2,1-4H3/t21-/m0/s1. The number of thiophene rings is 1. The minimum Gasteiger partial charge on any atom is -0.468 e. The maximum absolute atomic E-state index is 5.71. The second-order valence-corrected chi connectivity index (χ2v) is 9.53. The van der Waals surface area contributed by atoms with Crippen LogP contribution >= 0.6 is 11.3 Å². The molecule has 0 radical (unpaired) electrons. The molecule has 0 bridgehead atoms. The first-order valence-electron chi connectivity index (χ1n) is 10.1. The van der Waals surface area contributed by atoms with Crippen molar-refractivity contribution in [1.82, 2.24) is 25.1 Å². The number of nitrogens with zero attached hydrogens (tertiary/aromatic N) is 5. The molecule has 3 heterocycles. The van der Waals surface area contributed by atoms with Crippen LogP contribution in [0.3, 0.4) is 0 Å². The van der Waals surface area contributed by atoms with Gasteiger partial charge in [0.15, 0.2) is 5.82 Å². The zero-order valence-corrected chi connectivity index (χ0v) is 18.6. The Morgan fingerprint density at radius 3 is 2.50 bits per heavy atom. The molecule has 0 saturated carbocycles. The van der Waals surface area contributed by atoms with Crippen LogP contribution in [0.2, 0.25) is 0 Å². The van der Waals surface area contributed by atoms with Gasteiger partial charge in [-0.3, -0.25) is 4.90 Å². The fourth-order valence-corrected chi connectivity index (χ4v) is 4.29. The van der Waals surface area contributed by atoms with E-state index >= 15 is 0 Å². The lowest BCUT2D eigenvalue weighted by molar-refractivity contribution is 0.174. The number of tetrazole rings is 1. The Bertz CT molecular complexity index is 1010. The van der Waals surface area contributed by atoms with Gasteiger partial charge in [0.25, 0.3) is 0 Å². The van der Waals surface area contributed by atoms with Gasteiger partial charge in [-0.1, -0.05) is 35.9 Å². The van der Waals surface area contributed by atoms with Crippen LogP contribution in [0.15, 0.2) is 64.6 Å². The van der Waals surface area contributed by atoms with E-state index in [-0.39, 0.29) is 11.6 Å². The summed E-state index contributed by atoms with van der Waals surface area (Å²) in [6.07, 6.45) is 1.72. The highest BCUT2D eigenvalue weighted by Gasteiger charge is 2.32. The third-order valence-electron chi connectivity index (χ3n) is 5.01. The Hall–Kier alpha value is -2.77. The van der Waals surface area contributed by atoms with E-state index < -0.39 is 0 Å². The molecule has 6 nitrogen and oxygen atoms in total. The van der Waals surface area contributed by atoms with Gasteiger partial charge in [0.05, 0.1) is 24.4 Å². The molecular formula is C23H27N5OS. The van der Waals surface area contributed by atoms with Gasteiger partial charge in [-0.2, -0.15) is 0 Å². The van der Waals surface area contributed by atoms with Gasteiger partial charge in [0, 0.05) is 11.4 Å². The first kappa shape index (κ1) is 20.5. The monoisotopic (exact) mass is 421 g/mol. The van der Waals surface area contributed by atoms with Crippen LogP contribution in [0.4, 0.5) is 0 Å². The van der Waals surface area contributed by atoms with Gasteiger partial charge < -0.3 is 4.42 Å². The highest BCUT2D eigenvalue weighted by atomic mass is 32.1. The van der Waals surface area contributed by atoms with Crippen molar-refractivity contribution in [2.45, 2.75) is 52.4 Å². The Morgan fingerprint density at radius 1 is 1.07 bits per heavy atom. The third kappa shape index (κ3) is 4.52. The molecule has 4 rings (SSSR count). The molecule has 4 aromatic rings. The highest BCUT2D eigenvalue weighted by Crippen LogP contribution is 2.33. The van der Waals surface area contributed by atoms with Gasteiger partial charge in [0.2, 0.25) is 0 Å². The molecule has 0 amide bonds. The van der Waals surface area contributed by atoms with E-state index in [4.69, 9.17) is 4.42 Å². The van der Waals surface area contributed by atoms with Crippen molar-refractivity contribution in [3.63, 3.8) is 0 Å². The van der Waals surface area contributed by atoms with Crippen LogP contribution in [0.5, 0.6) is 0 Å². The summed E-state index contributed by atoms with van der Waals surface area (Å²) in [6.45, 7) is 9.89. The van der Waals surface area contributed by atoms with E-state index in [1.54, 1.807) is 17.6 Å². The topological polar surface area (TPSA) is 60.0 Å². The molecule has 156 valence electrons. The van der Waals surface area contributed by atoms with E-state index in [0.29, 0.717) is 6.54 Å².